The molecule has 2 rings (SSSR count). The van der Waals surface area contributed by atoms with Gasteiger partial charge in [-0.05, 0) is 30.3 Å². The summed E-state index contributed by atoms with van der Waals surface area (Å²) in [6.45, 7) is 0. The number of hydrogen-bond donors (Lipinski definition) is 1. The molecule has 0 aliphatic carbocycles. The topological polar surface area (TPSA) is 59.4 Å². The molecule has 0 saturated heterocycles. The van der Waals surface area contributed by atoms with Crippen molar-refractivity contribution in [3.63, 3.8) is 0 Å². The minimum atomic E-state index is -0.938. The van der Waals surface area contributed by atoms with Crippen LogP contribution in [0.25, 0.3) is 0 Å². The van der Waals surface area contributed by atoms with Crippen LogP contribution in [0, 0.1) is 0 Å². The van der Waals surface area contributed by atoms with Crippen LogP contribution in [0.1, 0.15) is 15.9 Å². The molecule has 0 amide bonds. The Bertz CT molecular complexity index is 572. The van der Waals surface area contributed by atoms with Gasteiger partial charge in [-0.15, -0.1) is 11.8 Å². The van der Waals surface area contributed by atoms with E-state index in [1.165, 1.54) is 17.8 Å². The van der Waals surface area contributed by atoms with E-state index in [0.717, 1.165) is 10.6 Å². The monoisotopic (exact) mass is 275 g/mol. The first kappa shape index (κ1) is 13.4. The first-order valence-electron chi connectivity index (χ1n) is 5.64. The molecule has 1 N–H and O–H groups in total. The van der Waals surface area contributed by atoms with Crippen molar-refractivity contribution in [1.82, 2.24) is 4.98 Å². The maximum absolute atomic E-state index is 11.0. The fourth-order valence-electron chi connectivity index (χ4n) is 1.61. The zero-order valence-electron chi connectivity index (χ0n) is 10.4. The summed E-state index contributed by atoms with van der Waals surface area (Å²) in [5, 5.41) is 9.89. The summed E-state index contributed by atoms with van der Waals surface area (Å²) in [5.41, 5.74) is 1.11. The molecule has 1 aromatic heterocycles. The standard InChI is InChI=1S/C14H13NO3S/c1-18-12-6-5-10(14(16)17)8-11(12)9-19-13-4-2-3-7-15-13/h2-8H,9H2,1H3,(H,16,17). The third-order valence-corrected chi connectivity index (χ3v) is 3.53. The molecule has 0 bridgehead atoms. The van der Waals surface area contributed by atoms with Gasteiger partial charge in [-0.1, -0.05) is 6.07 Å². The fourth-order valence-corrected chi connectivity index (χ4v) is 2.45. The first-order valence-corrected chi connectivity index (χ1v) is 6.63. The van der Waals surface area contributed by atoms with Gasteiger partial charge in [0, 0.05) is 17.5 Å². The van der Waals surface area contributed by atoms with Gasteiger partial charge >= 0.3 is 5.97 Å². The summed E-state index contributed by atoms with van der Waals surface area (Å²) in [6.07, 6.45) is 1.73. The lowest BCUT2D eigenvalue weighted by atomic mass is 10.1. The highest BCUT2D eigenvalue weighted by molar-refractivity contribution is 7.98. The lowest BCUT2D eigenvalue weighted by Gasteiger charge is -2.09. The predicted octanol–water partition coefficient (Wildman–Crippen LogP) is 3.08. The summed E-state index contributed by atoms with van der Waals surface area (Å²) >= 11 is 1.54. The van der Waals surface area contributed by atoms with E-state index >= 15 is 0 Å². The molecule has 4 nitrogen and oxygen atoms in total. The highest BCUT2D eigenvalue weighted by Gasteiger charge is 2.09. The third-order valence-electron chi connectivity index (χ3n) is 2.54. The Labute approximate surface area is 115 Å². The molecule has 19 heavy (non-hydrogen) atoms. The molecule has 98 valence electrons. The van der Waals surface area contributed by atoms with E-state index in [2.05, 4.69) is 4.98 Å². The molecule has 0 fully saturated rings. The molecule has 0 atom stereocenters. The SMILES string of the molecule is COc1ccc(C(=O)O)cc1CSc1ccccn1. The lowest BCUT2D eigenvalue weighted by molar-refractivity contribution is 0.0696. The van der Waals surface area contributed by atoms with E-state index in [9.17, 15) is 4.79 Å². The second kappa shape index (κ2) is 6.24. The Balaban J connectivity index is 2.18. The highest BCUT2D eigenvalue weighted by atomic mass is 32.2. The summed E-state index contributed by atoms with van der Waals surface area (Å²) in [7, 11) is 1.57. The Morgan fingerprint density at radius 3 is 2.84 bits per heavy atom. The maximum atomic E-state index is 11.0. The van der Waals surface area contributed by atoms with Crippen molar-refractivity contribution in [3.8, 4) is 5.75 Å². The number of ether oxygens (including phenoxy) is 1. The minimum absolute atomic E-state index is 0.262. The van der Waals surface area contributed by atoms with Crippen LogP contribution in [0.2, 0.25) is 0 Å². The summed E-state index contributed by atoms with van der Waals surface area (Å²) in [4.78, 5) is 15.2. The summed E-state index contributed by atoms with van der Waals surface area (Å²) in [6, 6.07) is 10.5. The highest BCUT2D eigenvalue weighted by Crippen LogP contribution is 2.27. The third kappa shape index (κ3) is 3.48. The summed E-state index contributed by atoms with van der Waals surface area (Å²) < 4.78 is 5.24. The van der Waals surface area contributed by atoms with Crippen molar-refractivity contribution < 1.29 is 14.6 Å². The van der Waals surface area contributed by atoms with Crippen molar-refractivity contribution >= 4 is 17.7 Å². The number of methoxy groups -OCH3 is 1. The lowest BCUT2D eigenvalue weighted by Crippen LogP contribution is -1.99. The molecule has 0 saturated carbocycles. The number of thioether (sulfide) groups is 1. The molecular formula is C14H13NO3S. The van der Waals surface area contributed by atoms with Gasteiger partial charge in [0.25, 0.3) is 0 Å². The average Bonchev–Trinajstić information content (AvgIpc) is 2.45. The van der Waals surface area contributed by atoms with E-state index in [1.807, 2.05) is 18.2 Å². The molecule has 0 radical (unpaired) electrons. The average molecular weight is 275 g/mol. The molecule has 1 aromatic carbocycles. The van der Waals surface area contributed by atoms with Crippen LogP contribution in [0.5, 0.6) is 5.75 Å². The van der Waals surface area contributed by atoms with Crippen LogP contribution in [-0.2, 0) is 5.75 Å². The number of carbonyl (C=O) groups is 1. The van der Waals surface area contributed by atoms with Gasteiger partial charge in [0.15, 0.2) is 0 Å². The number of pyridine rings is 1. The second-order valence-corrected chi connectivity index (χ2v) is 4.78. The van der Waals surface area contributed by atoms with Gasteiger partial charge in [-0.25, -0.2) is 9.78 Å². The number of aromatic nitrogens is 1. The minimum Gasteiger partial charge on any atom is -0.496 e. The molecular weight excluding hydrogens is 262 g/mol. The van der Waals surface area contributed by atoms with Crippen LogP contribution in [0.15, 0.2) is 47.6 Å². The molecule has 1 heterocycles. The number of benzene rings is 1. The van der Waals surface area contributed by atoms with Crippen molar-refractivity contribution in [3.05, 3.63) is 53.7 Å². The van der Waals surface area contributed by atoms with Gasteiger partial charge in [0.2, 0.25) is 0 Å². The molecule has 2 aromatic rings. The van der Waals surface area contributed by atoms with E-state index in [-0.39, 0.29) is 5.56 Å². The number of rotatable bonds is 5. The van der Waals surface area contributed by atoms with Crippen LogP contribution in [0.4, 0.5) is 0 Å². The van der Waals surface area contributed by atoms with Crippen LogP contribution in [-0.4, -0.2) is 23.2 Å². The number of hydrogen-bond acceptors (Lipinski definition) is 4. The van der Waals surface area contributed by atoms with Gasteiger partial charge in [0.05, 0.1) is 17.7 Å². The smallest absolute Gasteiger partial charge is 0.335 e. The van der Waals surface area contributed by atoms with Crippen molar-refractivity contribution in [2.75, 3.05) is 7.11 Å². The van der Waals surface area contributed by atoms with Gasteiger partial charge in [-0.3, -0.25) is 0 Å². The van der Waals surface area contributed by atoms with E-state index in [0.29, 0.717) is 11.5 Å². The normalized spacial score (nSPS) is 10.2. The molecule has 0 aliphatic rings. The van der Waals surface area contributed by atoms with Crippen molar-refractivity contribution in [1.29, 1.82) is 0 Å². The number of nitrogens with zero attached hydrogens (tertiary/aromatic N) is 1. The Morgan fingerprint density at radius 2 is 2.21 bits per heavy atom. The number of carboxylic acid groups (broad SMARTS) is 1. The predicted molar refractivity (Wildman–Crippen MR) is 73.8 cm³/mol. The molecule has 0 aliphatic heterocycles. The number of carboxylic acids is 1. The second-order valence-electron chi connectivity index (χ2n) is 3.79. The quantitative estimate of drug-likeness (QED) is 0.850. The van der Waals surface area contributed by atoms with Gasteiger partial charge in [0.1, 0.15) is 5.75 Å². The van der Waals surface area contributed by atoms with Crippen molar-refractivity contribution in [2.24, 2.45) is 0 Å². The Morgan fingerprint density at radius 1 is 1.37 bits per heavy atom. The van der Waals surface area contributed by atoms with Crippen LogP contribution in [0.3, 0.4) is 0 Å². The molecule has 0 unspecified atom stereocenters. The largest absolute Gasteiger partial charge is 0.496 e. The zero-order chi connectivity index (χ0) is 13.7. The first-order chi connectivity index (χ1) is 9.20. The van der Waals surface area contributed by atoms with E-state index in [1.54, 1.807) is 25.4 Å². The van der Waals surface area contributed by atoms with Crippen LogP contribution < -0.4 is 4.74 Å². The molecule has 0 spiro atoms. The molecule has 5 heteroatoms. The van der Waals surface area contributed by atoms with E-state index in [4.69, 9.17) is 9.84 Å². The Hall–Kier alpha value is -2.01. The maximum Gasteiger partial charge on any atom is 0.335 e. The number of aromatic carboxylic acids is 1. The zero-order valence-corrected chi connectivity index (χ0v) is 11.2. The van der Waals surface area contributed by atoms with E-state index < -0.39 is 5.97 Å². The Kier molecular flexibility index (Phi) is 4.41. The van der Waals surface area contributed by atoms with Gasteiger partial charge in [-0.2, -0.15) is 0 Å². The van der Waals surface area contributed by atoms with Crippen LogP contribution >= 0.6 is 11.8 Å². The van der Waals surface area contributed by atoms with Crippen molar-refractivity contribution in [2.45, 2.75) is 10.8 Å². The summed E-state index contributed by atoms with van der Waals surface area (Å²) in [5.74, 6) is 0.363. The fraction of sp³-hybridized carbons (Fsp3) is 0.143. The van der Waals surface area contributed by atoms with Gasteiger partial charge < -0.3 is 9.84 Å².